The molecule has 1 atom stereocenters. The quantitative estimate of drug-likeness (QED) is 0.674. The van der Waals surface area contributed by atoms with E-state index >= 15 is 0 Å². The number of rotatable bonds is 6. The first-order valence-corrected chi connectivity index (χ1v) is 10.6. The van der Waals surface area contributed by atoms with E-state index in [-0.39, 0.29) is 6.54 Å². The number of hydrogen-bond acceptors (Lipinski definition) is 4. The van der Waals surface area contributed by atoms with Crippen LogP contribution in [-0.2, 0) is 16.6 Å². The third-order valence-electron chi connectivity index (χ3n) is 4.12. The van der Waals surface area contributed by atoms with E-state index < -0.39 is 16.1 Å². The fourth-order valence-corrected chi connectivity index (χ4v) is 5.07. The van der Waals surface area contributed by atoms with Gasteiger partial charge in [0.05, 0.1) is 4.90 Å². The van der Waals surface area contributed by atoms with Gasteiger partial charge in [0.25, 0.3) is 0 Å². The monoisotopic (exact) mass is 387 g/mol. The normalized spacial score (nSPS) is 12.9. The summed E-state index contributed by atoms with van der Waals surface area (Å²) in [5, 5.41) is 10.4. The molecule has 6 heteroatoms. The van der Waals surface area contributed by atoms with Gasteiger partial charge in [-0.2, -0.15) is 0 Å². The number of benzene rings is 2. The number of aliphatic hydroxyl groups excluding tert-OH is 1. The summed E-state index contributed by atoms with van der Waals surface area (Å²) in [6.07, 6.45) is -0.703. The van der Waals surface area contributed by atoms with E-state index in [0.29, 0.717) is 4.90 Å². The van der Waals surface area contributed by atoms with Crippen molar-refractivity contribution in [3.8, 4) is 0 Å². The number of thiophene rings is 1. The molecule has 1 heterocycles. The van der Waals surface area contributed by atoms with Gasteiger partial charge in [0.15, 0.2) is 0 Å². The Morgan fingerprint density at radius 2 is 1.77 bits per heavy atom. The van der Waals surface area contributed by atoms with Crippen LogP contribution in [0.2, 0.25) is 0 Å². The van der Waals surface area contributed by atoms with Crippen molar-refractivity contribution in [1.82, 2.24) is 4.72 Å². The summed E-state index contributed by atoms with van der Waals surface area (Å²) in [4.78, 5) is 1.93. The largest absolute Gasteiger partial charge is 0.383 e. The first-order chi connectivity index (χ1) is 12.4. The Labute approximate surface area is 158 Å². The Balaban J connectivity index is 1.71. The van der Waals surface area contributed by atoms with Crippen molar-refractivity contribution in [2.45, 2.75) is 31.4 Å². The predicted octanol–water partition coefficient (Wildman–Crippen LogP) is 3.93. The SMILES string of the molecule is Cc1ccc(S(=O)(=O)NCc2ccc([C@@H](O)c3ccccc3)s2)c(C)c1. The van der Waals surface area contributed by atoms with E-state index in [1.54, 1.807) is 19.1 Å². The van der Waals surface area contributed by atoms with E-state index in [1.165, 1.54) is 11.3 Å². The minimum Gasteiger partial charge on any atom is -0.383 e. The second-order valence-corrected chi connectivity index (χ2v) is 9.15. The van der Waals surface area contributed by atoms with Gasteiger partial charge in [-0.15, -0.1) is 11.3 Å². The maximum absolute atomic E-state index is 12.5. The van der Waals surface area contributed by atoms with Gasteiger partial charge in [0, 0.05) is 16.3 Å². The molecule has 0 unspecified atom stereocenters. The minimum absolute atomic E-state index is 0.196. The summed E-state index contributed by atoms with van der Waals surface area (Å²) in [6, 6.07) is 18.4. The lowest BCUT2D eigenvalue weighted by Gasteiger charge is -2.10. The van der Waals surface area contributed by atoms with Gasteiger partial charge < -0.3 is 5.11 Å². The lowest BCUT2D eigenvalue weighted by atomic mass is 10.1. The maximum Gasteiger partial charge on any atom is 0.241 e. The van der Waals surface area contributed by atoms with Gasteiger partial charge in [-0.25, -0.2) is 13.1 Å². The molecule has 136 valence electrons. The van der Waals surface area contributed by atoms with Crippen molar-refractivity contribution in [2.24, 2.45) is 0 Å². The summed E-state index contributed by atoms with van der Waals surface area (Å²) >= 11 is 1.40. The zero-order chi connectivity index (χ0) is 18.7. The zero-order valence-electron chi connectivity index (χ0n) is 14.6. The Bertz CT molecular complexity index is 995. The molecule has 0 spiro atoms. The molecule has 26 heavy (non-hydrogen) atoms. The predicted molar refractivity (Wildman–Crippen MR) is 105 cm³/mol. The van der Waals surface area contributed by atoms with Crippen molar-refractivity contribution in [3.63, 3.8) is 0 Å². The number of aryl methyl sites for hydroxylation is 2. The van der Waals surface area contributed by atoms with Crippen LogP contribution in [0.5, 0.6) is 0 Å². The van der Waals surface area contributed by atoms with Crippen molar-refractivity contribution < 1.29 is 13.5 Å². The van der Waals surface area contributed by atoms with Gasteiger partial charge in [-0.3, -0.25) is 0 Å². The van der Waals surface area contributed by atoms with Gasteiger partial charge >= 0.3 is 0 Å². The molecule has 0 radical (unpaired) electrons. The zero-order valence-corrected chi connectivity index (χ0v) is 16.3. The third-order valence-corrected chi connectivity index (χ3v) is 6.82. The first-order valence-electron chi connectivity index (χ1n) is 8.25. The van der Waals surface area contributed by atoms with E-state index in [9.17, 15) is 13.5 Å². The Kier molecular flexibility index (Phi) is 5.58. The number of hydrogen-bond donors (Lipinski definition) is 2. The van der Waals surface area contributed by atoms with Crippen LogP contribution in [0.4, 0.5) is 0 Å². The van der Waals surface area contributed by atoms with E-state index in [4.69, 9.17) is 0 Å². The van der Waals surface area contributed by atoms with E-state index in [2.05, 4.69) is 4.72 Å². The van der Waals surface area contributed by atoms with Crippen LogP contribution in [0.25, 0.3) is 0 Å². The average molecular weight is 388 g/mol. The third kappa shape index (κ3) is 4.22. The molecule has 0 aliphatic rings. The number of nitrogens with one attached hydrogen (secondary N) is 1. The van der Waals surface area contributed by atoms with Crippen LogP contribution < -0.4 is 4.72 Å². The highest BCUT2D eigenvalue weighted by Crippen LogP contribution is 2.28. The van der Waals surface area contributed by atoms with Crippen LogP contribution >= 0.6 is 11.3 Å². The molecule has 4 nitrogen and oxygen atoms in total. The number of aliphatic hydroxyl groups is 1. The lowest BCUT2D eigenvalue weighted by Crippen LogP contribution is -2.23. The fourth-order valence-electron chi connectivity index (χ4n) is 2.78. The van der Waals surface area contributed by atoms with E-state index in [1.807, 2.05) is 55.5 Å². The molecule has 0 amide bonds. The van der Waals surface area contributed by atoms with Gasteiger partial charge in [0.2, 0.25) is 10.0 Å². The molecule has 2 aromatic carbocycles. The van der Waals surface area contributed by atoms with Gasteiger partial charge in [-0.05, 0) is 43.2 Å². The molecular formula is C20H21NO3S2. The summed E-state index contributed by atoms with van der Waals surface area (Å²) in [5.41, 5.74) is 2.57. The fraction of sp³-hybridized carbons (Fsp3) is 0.200. The average Bonchev–Trinajstić information content (AvgIpc) is 3.09. The van der Waals surface area contributed by atoms with Crippen LogP contribution in [0.15, 0.2) is 65.6 Å². The molecular weight excluding hydrogens is 366 g/mol. The second-order valence-electron chi connectivity index (χ2n) is 6.21. The first kappa shape index (κ1) is 18.8. The summed E-state index contributed by atoms with van der Waals surface area (Å²) in [7, 11) is -3.57. The molecule has 2 N–H and O–H groups in total. The van der Waals surface area contributed by atoms with Crippen LogP contribution in [-0.4, -0.2) is 13.5 Å². The van der Waals surface area contributed by atoms with Crippen LogP contribution in [0.1, 0.15) is 32.5 Å². The summed E-state index contributed by atoms with van der Waals surface area (Å²) in [6.45, 7) is 3.92. The Morgan fingerprint density at radius 1 is 1.04 bits per heavy atom. The van der Waals surface area contributed by atoms with Crippen LogP contribution in [0.3, 0.4) is 0 Å². The second kappa shape index (κ2) is 7.72. The van der Waals surface area contributed by atoms with Gasteiger partial charge in [0.1, 0.15) is 6.10 Å². The lowest BCUT2D eigenvalue weighted by molar-refractivity contribution is 0.224. The highest BCUT2D eigenvalue weighted by Gasteiger charge is 2.18. The summed E-state index contributed by atoms with van der Waals surface area (Å²) < 4.78 is 27.7. The van der Waals surface area contributed by atoms with Crippen molar-refractivity contribution in [1.29, 1.82) is 0 Å². The van der Waals surface area contributed by atoms with Crippen molar-refractivity contribution >= 4 is 21.4 Å². The molecule has 0 saturated carbocycles. The van der Waals surface area contributed by atoms with E-state index in [0.717, 1.165) is 26.4 Å². The number of sulfonamides is 1. The van der Waals surface area contributed by atoms with Crippen LogP contribution in [0, 0.1) is 13.8 Å². The van der Waals surface area contributed by atoms with Crippen molar-refractivity contribution in [3.05, 3.63) is 87.1 Å². The molecule has 0 fully saturated rings. The highest BCUT2D eigenvalue weighted by atomic mass is 32.2. The summed E-state index contributed by atoms with van der Waals surface area (Å²) in [5.74, 6) is 0. The highest BCUT2D eigenvalue weighted by molar-refractivity contribution is 7.89. The molecule has 0 aliphatic heterocycles. The Morgan fingerprint density at radius 3 is 2.46 bits per heavy atom. The smallest absolute Gasteiger partial charge is 0.241 e. The molecule has 3 rings (SSSR count). The topological polar surface area (TPSA) is 66.4 Å². The Hall–Kier alpha value is -1.99. The minimum atomic E-state index is -3.57. The van der Waals surface area contributed by atoms with Crippen molar-refractivity contribution in [2.75, 3.05) is 0 Å². The standard InChI is InChI=1S/C20H21NO3S2/c1-14-8-11-19(15(2)12-14)26(23,24)21-13-17-9-10-18(25-17)20(22)16-6-4-3-5-7-16/h3-12,20-22H,13H2,1-2H3/t20-/m0/s1. The maximum atomic E-state index is 12.5. The van der Waals surface area contributed by atoms with Gasteiger partial charge in [-0.1, -0.05) is 48.0 Å². The molecule has 3 aromatic rings. The molecule has 0 bridgehead atoms. The molecule has 0 aliphatic carbocycles. The molecule has 1 aromatic heterocycles. The molecule has 0 saturated heterocycles.